The van der Waals surface area contributed by atoms with Crippen LogP contribution in [0, 0.1) is 5.41 Å². The molecule has 0 aliphatic carbocycles. The number of ether oxygens (including phenoxy) is 1. The Labute approximate surface area is 74.3 Å². The van der Waals surface area contributed by atoms with Crippen LogP contribution in [0.5, 0.6) is 0 Å². The van der Waals surface area contributed by atoms with Crippen molar-refractivity contribution in [2.45, 2.75) is 13.3 Å². The van der Waals surface area contributed by atoms with Crippen molar-refractivity contribution in [2.75, 3.05) is 40.0 Å². The minimum absolute atomic E-state index is 0.0456. The van der Waals surface area contributed by atoms with E-state index in [1.807, 2.05) is 0 Å². The first-order chi connectivity index (χ1) is 5.72. The molecular formula is C9H19NO2. The van der Waals surface area contributed by atoms with Gasteiger partial charge in [0.05, 0.1) is 25.2 Å². The molecule has 0 saturated carbocycles. The number of hydrogen-bond donors (Lipinski definition) is 1. The van der Waals surface area contributed by atoms with Gasteiger partial charge in [-0.05, 0) is 20.0 Å². The highest BCUT2D eigenvalue weighted by molar-refractivity contribution is 4.87. The number of aliphatic hydroxyl groups is 1. The second-order valence-corrected chi connectivity index (χ2v) is 3.89. The van der Waals surface area contributed by atoms with E-state index in [1.54, 1.807) is 0 Å². The Morgan fingerprint density at radius 1 is 1.50 bits per heavy atom. The Bertz CT molecular complexity index is 129. The quantitative estimate of drug-likeness (QED) is 0.650. The molecule has 0 bridgehead atoms. The van der Waals surface area contributed by atoms with E-state index >= 15 is 0 Å². The van der Waals surface area contributed by atoms with Crippen molar-refractivity contribution in [3.05, 3.63) is 0 Å². The summed E-state index contributed by atoms with van der Waals surface area (Å²) in [7, 11) is 2.10. The molecule has 72 valence electrons. The van der Waals surface area contributed by atoms with E-state index in [4.69, 9.17) is 9.84 Å². The van der Waals surface area contributed by atoms with E-state index < -0.39 is 0 Å². The maximum absolute atomic E-state index is 9.15. The first-order valence-electron chi connectivity index (χ1n) is 4.59. The molecule has 3 nitrogen and oxygen atoms in total. The molecule has 1 heterocycles. The smallest absolute Gasteiger partial charge is 0.0579 e. The molecule has 1 N–H and O–H groups in total. The Kier molecular flexibility index (Phi) is 3.50. The fraction of sp³-hybridized carbons (Fsp3) is 1.00. The SMILES string of the molecule is CCCN(C)CC1(CO)COC1. The highest BCUT2D eigenvalue weighted by Gasteiger charge is 2.38. The van der Waals surface area contributed by atoms with Crippen molar-refractivity contribution in [2.24, 2.45) is 5.41 Å². The summed E-state index contributed by atoms with van der Waals surface area (Å²) in [6.07, 6.45) is 1.17. The molecule has 0 atom stereocenters. The van der Waals surface area contributed by atoms with E-state index in [-0.39, 0.29) is 12.0 Å². The van der Waals surface area contributed by atoms with Gasteiger partial charge in [0.25, 0.3) is 0 Å². The highest BCUT2D eigenvalue weighted by Crippen LogP contribution is 2.27. The lowest BCUT2D eigenvalue weighted by atomic mass is 9.86. The maximum atomic E-state index is 9.15. The van der Waals surface area contributed by atoms with Crippen molar-refractivity contribution in [1.82, 2.24) is 4.90 Å². The van der Waals surface area contributed by atoms with Crippen LogP contribution in [0.2, 0.25) is 0 Å². The van der Waals surface area contributed by atoms with Gasteiger partial charge in [0.2, 0.25) is 0 Å². The average molecular weight is 173 g/mol. The number of rotatable bonds is 5. The summed E-state index contributed by atoms with van der Waals surface area (Å²) < 4.78 is 5.12. The lowest BCUT2D eigenvalue weighted by Gasteiger charge is -2.42. The van der Waals surface area contributed by atoms with Crippen LogP contribution in [0.15, 0.2) is 0 Å². The summed E-state index contributed by atoms with van der Waals surface area (Å²) in [6, 6.07) is 0. The van der Waals surface area contributed by atoms with Crippen LogP contribution >= 0.6 is 0 Å². The van der Waals surface area contributed by atoms with Gasteiger partial charge >= 0.3 is 0 Å². The van der Waals surface area contributed by atoms with E-state index in [0.717, 1.165) is 26.3 Å². The molecule has 0 aromatic carbocycles. The second-order valence-electron chi connectivity index (χ2n) is 3.89. The van der Waals surface area contributed by atoms with Crippen LogP contribution in [0.3, 0.4) is 0 Å². The molecule has 12 heavy (non-hydrogen) atoms. The van der Waals surface area contributed by atoms with Gasteiger partial charge in [-0.25, -0.2) is 0 Å². The third-order valence-electron chi connectivity index (χ3n) is 2.36. The Morgan fingerprint density at radius 3 is 2.50 bits per heavy atom. The van der Waals surface area contributed by atoms with Crippen molar-refractivity contribution in [3.63, 3.8) is 0 Å². The van der Waals surface area contributed by atoms with E-state index in [2.05, 4.69) is 18.9 Å². The summed E-state index contributed by atoms with van der Waals surface area (Å²) in [5, 5.41) is 9.15. The topological polar surface area (TPSA) is 32.7 Å². The molecule has 0 unspecified atom stereocenters. The van der Waals surface area contributed by atoms with Gasteiger partial charge in [0, 0.05) is 6.54 Å². The average Bonchev–Trinajstić information content (AvgIpc) is 1.97. The summed E-state index contributed by atoms with van der Waals surface area (Å²) in [5.41, 5.74) is 0.0456. The summed E-state index contributed by atoms with van der Waals surface area (Å²) in [4.78, 5) is 2.26. The van der Waals surface area contributed by atoms with Crippen LogP contribution in [0.1, 0.15) is 13.3 Å². The fourth-order valence-electron chi connectivity index (χ4n) is 1.66. The second kappa shape index (κ2) is 4.21. The minimum atomic E-state index is 0.0456. The van der Waals surface area contributed by atoms with Crippen LogP contribution in [0.25, 0.3) is 0 Å². The number of hydrogen-bond acceptors (Lipinski definition) is 3. The number of nitrogens with zero attached hydrogens (tertiary/aromatic N) is 1. The van der Waals surface area contributed by atoms with Gasteiger partial charge in [-0.2, -0.15) is 0 Å². The monoisotopic (exact) mass is 173 g/mol. The molecule has 0 radical (unpaired) electrons. The van der Waals surface area contributed by atoms with Gasteiger partial charge in [-0.3, -0.25) is 0 Å². The van der Waals surface area contributed by atoms with Gasteiger partial charge < -0.3 is 14.7 Å². The largest absolute Gasteiger partial charge is 0.396 e. The molecule has 0 aromatic heterocycles. The van der Waals surface area contributed by atoms with Crippen LogP contribution in [-0.4, -0.2) is 50.0 Å². The molecule has 0 amide bonds. The van der Waals surface area contributed by atoms with Crippen molar-refractivity contribution < 1.29 is 9.84 Å². The van der Waals surface area contributed by atoms with Gasteiger partial charge in [-0.15, -0.1) is 0 Å². The predicted octanol–water partition coefficient (Wildman–Crippen LogP) is 0.337. The van der Waals surface area contributed by atoms with Crippen LogP contribution < -0.4 is 0 Å². The minimum Gasteiger partial charge on any atom is -0.396 e. The Morgan fingerprint density at radius 2 is 2.17 bits per heavy atom. The highest BCUT2D eigenvalue weighted by atomic mass is 16.5. The van der Waals surface area contributed by atoms with Crippen LogP contribution in [0.4, 0.5) is 0 Å². The van der Waals surface area contributed by atoms with Gasteiger partial charge in [0.1, 0.15) is 0 Å². The molecule has 1 aliphatic rings. The summed E-state index contributed by atoms with van der Waals surface area (Å²) in [6.45, 7) is 5.91. The third kappa shape index (κ3) is 2.19. The maximum Gasteiger partial charge on any atom is 0.0579 e. The van der Waals surface area contributed by atoms with Crippen LogP contribution in [-0.2, 0) is 4.74 Å². The van der Waals surface area contributed by atoms with Crippen molar-refractivity contribution in [3.8, 4) is 0 Å². The van der Waals surface area contributed by atoms with Crippen molar-refractivity contribution in [1.29, 1.82) is 0 Å². The standard InChI is InChI=1S/C9H19NO2/c1-3-4-10(2)5-9(6-11)7-12-8-9/h11H,3-8H2,1-2H3. The molecule has 3 heteroatoms. The van der Waals surface area contributed by atoms with Gasteiger partial charge in [0.15, 0.2) is 0 Å². The summed E-state index contributed by atoms with van der Waals surface area (Å²) >= 11 is 0. The molecule has 1 fully saturated rings. The first kappa shape index (κ1) is 9.96. The Balaban J connectivity index is 2.27. The van der Waals surface area contributed by atoms with E-state index in [9.17, 15) is 0 Å². The normalized spacial score (nSPS) is 21.0. The van der Waals surface area contributed by atoms with Gasteiger partial charge in [-0.1, -0.05) is 6.92 Å². The molecule has 0 spiro atoms. The molecule has 0 aromatic rings. The Hall–Kier alpha value is -0.120. The molecule has 1 saturated heterocycles. The predicted molar refractivity (Wildman–Crippen MR) is 48.1 cm³/mol. The zero-order valence-electron chi connectivity index (χ0n) is 8.05. The zero-order chi connectivity index (χ0) is 9.03. The van der Waals surface area contributed by atoms with Crippen molar-refractivity contribution >= 4 is 0 Å². The third-order valence-corrected chi connectivity index (χ3v) is 2.36. The molecule has 1 rings (SSSR count). The molecular weight excluding hydrogens is 154 g/mol. The first-order valence-corrected chi connectivity index (χ1v) is 4.59. The lowest BCUT2D eigenvalue weighted by molar-refractivity contribution is -0.146. The number of aliphatic hydroxyl groups excluding tert-OH is 1. The summed E-state index contributed by atoms with van der Waals surface area (Å²) in [5.74, 6) is 0. The molecule has 1 aliphatic heterocycles. The van der Waals surface area contributed by atoms with E-state index in [0.29, 0.717) is 0 Å². The lowest BCUT2D eigenvalue weighted by Crippen LogP contribution is -2.52. The van der Waals surface area contributed by atoms with E-state index in [1.165, 1.54) is 6.42 Å². The zero-order valence-corrected chi connectivity index (χ0v) is 8.05. The fourth-order valence-corrected chi connectivity index (χ4v) is 1.66.